The van der Waals surface area contributed by atoms with Crippen LogP contribution in [0.1, 0.15) is 82.6 Å². The van der Waals surface area contributed by atoms with Gasteiger partial charge in [0.15, 0.2) is 0 Å². The van der Waals surface area contributed by atoms with Crippen molar-refractivity contribution in [3.8, 4) is 5.75 Å². The molecule has 2 fully saturated rings. The molecule has 0 spiro atoms. The van der Waals surface area contributed by atoms with Crippen molar-refractivity contribution in [3.63, 3.8) is 0 Å². The maximum Gasteiger partial charge on any atom is 0.119 e. The summed E-state index contributed by atoms with van der Waals surface area (Å²) in [5.74, 6) is 4.31. The van der Waals surface area contributed by atoms with Crippen LogP contribution in [0.2, 0.25) is 0 Å². The number of allylic oxidation sites excluding steroid dienone is 1. The molecule has 0 bridgehead atoms. The first-order valence-corrected chi connectivity index (χ1v) is 10.8. The highest BCUT2D eigenvalue weighted by molar-refractivity contribution is 5.29. The van der Waals surface area contributed by atoms with Gasteiger partial charge in [-0.1, -0.05) is 25.1 Å². The molecule has 0 unspecified atom stereocenters. The minimum absolute atomic E-state index is 0.718. The Morgan fingerprint density at radius 3 is 2.12 bits per heavy atom. The van der Waals surface area contributed by atoms with E-state index in [0.717, 1.165) is 55.2 Å². The normalized spacial score (nSPS) is 29.8. The Morgan fingerprint density at radius 1 is 0.923 bits per heavy atom. The minimum atomic E-state index is 0.718. The summed E-state index contributed by atoms with van der Waals surface area (Å²) in [7, 11) is 0. The van der Waals surface area contributed by atoms with E-state index in [1.165, 1.54) is 56.9 Å². The standard InChI is InChI=1S/C24H35FO/c1-2-18-26-24-15-13-23(14-16-24)22-11-9-21(10-12-22)20-7-5-19(6-8-20)4-3-17-25/h3,13-17,19-22H,2,4-12,18H2,1H3. The smallest absolute Gasteiger partial charge is 0.119 e. The summed E-state index contributed by atoms with van der Waals surface area (Å²) in [5, 5.41) is 0. The van der Waals surface area contributed by atoms with Crippen LogP contribution in [0.4, 0.5) is 4.39 Å². The molecule has 26 heavy (non-hydrogen) atoms. The molecular weight excluding hydrogens is 323 g/mol. The Kier molecular flexibility index (Phi) is 7.58. The highest BCUT2D eigenvalue weighted by Crippen LogP contribution is 2.44. The van der Waals surface area contributed by atoms with Crippen molar-refractivity contribution in [1.29, 1.82) is 0 Å². The summed E-state index contributed by atoms with van der Waals surface area (Å²) in [6, 6.07) is 8.84. The fourth-order valence-electron chi connectivity index (χ4n) is 5.12. The van der Waals surface area contributed by atoms with E-state index in [1.807, 2.05) is 0 Å². The number of halogens is 1. The zero-order chi connectivity index (χ0) is 18.2. The zero-order valence-corrected chi connectivity index (χ0v) is 16.3. The fourth-order valence-corrected chi connectivity index (χ4v) is 5.12. The van der Waals surface area contributed by atoms with Gasteiger partial charge in [-0.15, -0.1) is 0 Å². The van der Waals surface area contributed by atoms with Crippen LogP contribution in [0.3, 0.4) is 0 Å². The second-order valence-electron chi connectivity index (χ2n) is 8.41. The molecule has 0 amide bonds. The molecule has 0 atom stereocenters. The molecule has 144 valence electrons. The summed E-state index contributed by atoms with van der Waals surface area (Å²) < 4.78 is 17.9. The lowest BCUT2D eigenvalue weighted by Gasteiger charge is -2.38. The predicted molar refractivity (Wildman–Crippen MR) is 107 cm³/mol. The molecular formula is C24H35FO. The molecule has 2 saturated carbocycles. The third-order valence-corrected chi connectivity index (χ3v) is 6.71. The molecule has 3 rings (SSSR count). The van der Waals surface area contributed by atoms with E-state index in [-0.39, 0.29) is 0 Å². The monoisotopic (exact) mass is 358 g/mol. The van der Waals surface area contributed by atoms with Gasteiger partial charge >= 0.3 is 0 Å². The van der Waals surface area contributed by atoms with Crippen molar-refractivity contribution >= 4 is 0 Å². The van der Waals surface area contributed by atoms with Crippen molar-refractivity contribution in [1.82, 2.24) is 0 Å². The highest BCUT2D eigenvalue weighted by Gasteiger charge is 2.31. The predicted octanol–water partition coefficient (Wildman–Crippen LogP) is 7.43. The number of hydrogen-bond acceptors (Lipinski definition) is 1. The Balaban J connectivity index is 1.43. The van der Waals surface area contributed by atoms with E-state index in [2.05, 4.69) is 31.2 Å². The Labute approximate surface area is 159 Å². The van der Waals surface area contributed by atoms with Crippen LogP contribution in [-0.4, -0.2) is 6.61 Å². The summed E-state index contributed by atoms with van der Waals surface area (Å²) in [5.41, 5.74) is 1.49. The minimum Gasteiger partial charge on any atom is -0.494 e. The van der Waals surface area contributed by atoms with Gasteiger partial charge in [-0.25, -0.2) is 4.39 Å². The quantitative estimate of drug-likeness (QED) is 0.492. The van der Waals surface area contributed by atoms with Crippen LogP contribution in [0, 0.1) is 17.8 Å². The molecule has 2 aliphatic rings. The topological polar surface area (TPSA) is 9.23 Å². The zero-order valence-electron chi connectivity index (χ0n) is 16.3. The van der Waals surface area contributed by atoms with Gasteiger partial charge in [0.2, 0.25) is 0 Å². The van der Waals surface area contributed by atoms with Crippen LogP contribution in [0.15, 0.2) is 36.7 Å². The summed E-state index contributed by atoms with van der Waals surface area (Å²) in [6.45, 7) is 2.94. The lowest BCUT2D eigenvalue weighted by Crippen LogP contribution is -2.25. The van der Waals surface area contributed by atoms with Gasteiger partial charge in [-0.05, 0) is 106 Å². The molecule has 0 radical (unpaired) electrons. The lowest BCUT2D eigenvalue weighted by atomic mass is 9.68. The maximum absolute atomic E-state index is 12.2. The van der Waals surface area contributed by atoms with Crippen molar-refractivity contribution in [2.75, 3.05) is 6.61 Å². The molecule has 1 nitrogen and oxygen atoms in total. The second kappa shape index (κ2) is 10.1. The van der Waals surface area contributed by atoms with Gasteiger partial charge in [-0.3, -0.25) is 0 Å². The summed E-state index contributed by atoms with van der Waals surface area (Å²) in [4.78, 5) is 0. The lowest BCUT2D eigenvalue weighted by molar-refractivity contribution is 0.160. The van der Waals surface area contributed by atoms with Crippen molar-refractivity contribution < 1.29 is 9.13 Å². The molecule has 1 aromatic carbocycles. The first kappa shape index (κ1) is 19.5. The molecule has 2 aliphatic carbocycles. The average Bonchev–Trinajstić information content (AvgIpc) is 2.72. The van der Waals surface area contributed by atoms with Crippen LogP contribution in [0.5, 0.6) is 5.75 Å². The van der Waals surface area contributed by atoms with E-state index >= 15 is 0 Å². The summed E-state index contributed by atoms with van der Waals surface area (Å²) in [6.07, 6.45) is 15.2. The van der Waals surface area contributed by atoms with E-state index in [1.54, 1.807) is 6.08 Å². The third-order valence-electron chi connectivity index (χ3n) is 6.71. The fraction of sp³-hybridized carbons (Fsp3) is 0.667. The number of hydrogen-bond donors (Lipinski definition) is 0. The Morgan fingerprint density at radius 2 is 1.54 bits per heavy atom. The van der Waals surface area contributed by atoms with E-state index < -0.39 is 0 Å². The first-order valence-electron chi connectivity index (χ1n) is 10.8. The van der Waals surface area contributed by atoms with E-state index in [4.69, 9.17) is 4.74 Å². The van der Waals surface area contributed by atoms with Gasteiger partial charge in [0, 0.05) is 0 Å². The van der Waals surface area contributed by atoms with Crippen molar-refractivity contribution in [2.45, 2.75) is 77.0 Å². The molecule has 0 N–H and O–H groups in total. The third kappa shape index (κ3) is 5.34. The van der Waals surface area contributed by atoms with Gasteiger partial charge in [0.25, 0.3) is 0 Å². The van der Waals surface area contributed by atoms with Crippen LogP contribution in [-0.2, 0) is 0 Å². The van der Waals surface area contributed by atoms with Crippen LogP contribution in [0.25, 0.3) is 0 Å². The number of ether oxygens (including phenoxy) is 1. The van der Waals surface area contributed by atoms with Crippen LogP contribution < -0.4 is 4.74 Å². The number of benzene rings is 1. The molecule has 0 saturated heterocycles. The van der Waals surface area contributed by atoms with Crippen molar-refractivity contribution in [2.24, 2.45) is 17.8 Å². The van der Waals surface area contributed by atoms with Gasteiger partial charge in [-0.2, -0.15) is 0 Å². The van der Waals surface area contributed by atoms with Gasteiger partial charge in [0.05, 0.1) is 12.9 Å². The second-order valence-corrected chi connectivity index (χ2v) is 8.41. The number of rotatable bonds is 7. The molecule has 0 aromatic heterocycles. The molecule has 0 aliphatic heterocycles. The molecule has 1 aromatic rings. The van der Waals surface area contributed by atoms with E-state index in [9.17, 15) is 4.39 Å². The summed E-state index contributed by atoms with van der Waals surface area (Å²) >= 11 is 0. The van der Waals surface area contributed by atoms with E-state index in [0.29, 0.717) is 0 Å². The SMILES string of the molecule is CCCOc1ccc(C2CCC(C3CCC(CC=CF)CC3)CC2)cc1. The van der Waals surface area contributed by atoms with Crippen molar-refractivity contribution in [3.05, 3.63) is 42.2 Å². The molecule has 0 heterocycles. The van der Waals surface area contributed by atoms with Gasteiger partial charge in [0.1, 0.15) is 5.75 Å². The maximum atomic E-state index is 12.2. The average molecular weight is 359 g/mol. The first-order chi connectivity index (χ1) is 12.8. The highest BCUT2D eigenvalue weighted by atomic mass is 19.1. The largest absolute Gasteiger partial charge is 0.494 e. The Bertz CT molecular complexity index is 534. The van der Waals surface area contributed by atoms with Gasteiger partial charge < -0.3 is 4.74 Å². The molecule has 2 heteroatoms. The van der Waals surface area contributed by atoms with Crippen LogP contribution >= 0.6 is 0 Å². The Hall–Kier alpha value is -1.31.